The third-order valence-corrected chi connectivity index (χ3v) is 3.41. The van der Waals surface area contributed by atoms with Crippen molar-refractivity contribution in [1.29, 1.82) is 0 Å². The molecule has 1 heterocycles. The van der Waals surface area contributed by atoms with Gasteiger partial charge in [-0.1, -0.05) is 19.1 Å². The molecule has 2 aliphatic rings. The van der Waals surface area contributed by atoms with Crippen molar-refractivity contribution in [2.75, 3.05) is 6.54 Å². The summed E-state index contributed by atoms with van der Waals surface area (Å²) in [4.78, 5) is 4.45. The topological polar surface area (TPSA) is 12.4 Å². The summed E-state index contributed by atoms with van der Waals surface area (Å²) in [6, 6.07) is 0. The van der Waals surface area contributed by atoms with E-state index < -0.39 is 0 Å². The lowest BCUT2D eigenvalue weighted by atomic mass is 9.67. The van der Waals surface area contributed by atoms with Crippen LogP contribution in [0.1, 0.15) is 32.6 Å². The Labute approximate surface area is 74.6 Å². The Balaban J connectivity index is 2.22. The predicted octanol–water partition coefficient (Wildman–Crippen LogP) is 2.82. The van der Waals surface area contributed by atoms with Gasteiger partial charge in [-0.25, -0.2) is 0 Å². The summed E-state index contributed by atoms with van der Waals surface area (Å²) in [5.74, 6) is 0.798. The number of rotatable bonds is 0. The van der Waals surface area contributed by atoms with Gasteiger partial charge in [-0.2, -0.15) is 0 Å². The normalized spacial score (nSPS) is 40.6. The molecule has 1 heteroatoms. The van der Waals surface area contributed by atoms with Crippen molar-refractivity contribution in [1.82, 2.24) is 0 Å². The first-order chi connectivity index (χ1) is 5.83. The van der Waals surface area contributed by atoms with Crippen LogP contribution in [-0.2, 0) is 0 Å². The summed E-state index contributed by atoms with van der Waals surface area (Å²) in [7, 11) is 0. The van der Waals surface area contributed by atoms with Crippen LogP contribution >= 0.6 is 0 Å². The molecule has 0 saturated carbocycles. The maximum atomic E-state index is 4.45. The van der Waals surface area contributed by atoms with Crippen LogP contribution in [0, 0.1) is 11.3 Å². The van der Waals surface area contributed by atoms with Crippen LogP contribution in [0.5, 0.6) is 0 Å². The molecule has 2 atom stereocenters. The van der Waals surface area contributed by atoms with Crippen molar-refractivity contribution < 1.29 is 0 Å². The number of allylic oxidation sites excluding steroid dienone is 2. The zero-order valence-corrected chi connectivity index (χ0v) is 7.79. The summed E-state index contributed by atoms with van der Waals surface area (Å²) in [6.45, 7) is 3.42. The molecule has 0 bridgehead atoms. The van der Waals surface area contributed by atoms with Crippen molar-refractivity contribution in [2.24, 2.45) is 16.3 Å². The molecule has 66 valence electrons. The molecule has 0 N–H and O–H groups in total. The minimum absolute atomic E-state index is 0.438. The quantitative estimate of drug-likeness (QED) is 0.487. The first kappa shape index (κ1) is 8.03. The number of aliphatic imine (C=N–C) groups is 1. The lowest BCUT2D eigenvalue weighted by Crippen LogP contribution is -2.34. The van der Waals surface area contributed by atoms with E-state index >= 15 is 0 Å². The van der Waals surface area contributed by atoms with Crippen LogP contribution in [0.2, 0.25) is 0 Å². The van der Waals surface area contributed by atoms with Gasteiger partial charge < -0.3 is 0 Å². The maximum Gasteiger partial charge on any atom is 0.0385 e. The average Bonchev–Trinajstić information content (AvgIpc) is 2.12. The van der Waals surface area contributed by atoms with Crippen LogP contribution in [-0.4, -0.2) is 12.8 Å². The van der Waals surface area contributed by atoms with Crippen LogP contribution < -0.4 is 0 Å². The van der Waals surface area contributed by atoms with Gasteiger partial charge in [-0.05, 0) is 31.6 Å². The average molecular weight is 163 g/mol. The summed E-state index contributed by atoms with van der Waals surface area (Å²) >= 11 is 0. The molecule has 0 aromatic rings. The van der Waals surface area contributed by atoms with E-state index in [1.54, 1.807) is 0 Å². The molecule has 1 nitrogen and oxygen atoms in total. The molecule has 1 aliphatic carbocycles. The van der Waals surface area contributed by atoms with E-state index in [0.29, 0.717) is 5.41 Å². The summed E-state index contributed by atoms with van der Waals surface area (Å²) < 4.78 is 0. The van der Waals surface area contributed by atoms with Crippen molar-refractivity contribution in [3.05, 3.63) is 12.2 Å². The van der Waals surface area contributed by atoms with E-state index in [1.165, 1.54) is 25.7 Å². The fourth-order valence-corrected chi connectivity index (χ4v) is 2.38. The summed E-state index contributed by atoms with van der Waals surface area (Å²) in [5, 5.41) is 0. The third kappa shape index (κ3) is 1.21. The molecule has 0 amide bonds. The highest BCUT2D eigenvalue weighted by Gasteiger charge is 2.35. The number of hydrogen-bond acceptors (Lipinski definition) is 1. The van der Waals surface area contributed by atoms with Gasteiger partial charge in [-0.3, -0.25) is 4.99 Å². The molecule has 12 heavy (non-hydrogen) atoms. The summed E-state index contributed by atoms with van der Waals surface area (Å²) in [5.41, 5.74) is 0.438. The predicted molar refractivity (Wildman–Crippen MR) is 52.6 cm³/mol. The van der Waals surface area contributed by atoms with Gasteiger partial charge in [0.2, 0.25) is 0 Å². The maximum absolute atomic E-state index is 4.45. The Bertz CT molecular complexity index is 217. The SMILES string of the molecule is CC1CC=CCC12C=NCCC2. The van der Waals surface area contributed by atoms with Gasteiger partial charge in [0.05, 0.1) is 0 Å². The summed E-state index contributed by atoms with van der Waals surface area (Å²) in [6.07, 6.45) is 12.0. The second kappa shape index (κ2) is 3.04. The van der Waals surface area contributed by atoms with Crippen molar-refractivity contribution in [3.63, 3.8) is 0 Å². The van der Waals surface area contributed by atoms with Crippen LogP contribution in [0.3, 0.4) is 0 Å². The van der Waals surface area contributed by atoms with Crippen LogP contribution in [0.15, 0.2) is 17.1 Å². The molecule has 1 aliphatic heterocycles. The zero-order chi connectivity index (χ0) is 8.44. The van der Waals surface area contributed by atoms with Crippen LogP contribution in [0.4, 0.5) is 0 Å². The first-order valence-corrected chi connectivity index (χ1v) is 4.99. The van der Waals surface area contributed by atoms with Crippen molar-refractivity contribution in [3.8, 4) is 0 Å². The molecular formula is C11H17N. The Morgan fingerprint density at radius 2 is 2.33 bits per heavy atom. The lowest BCUT2D eigenvalue weighted by Gasteiger charge is -2.39. The van der Waals surface area contributed by atoms with E-state index in [1.807, 2.05) is 0 Å². The fraction of sp³-hybridized carbons (Fsp3) is 0.727. The fourth-order valence-electron chi connectivity index (χ4n) is 2.38. The third-order valence-electron chi connectivity index (χ3n) is 3.41. The zero-order valence-electron chi connectivity index (χ0n) is 7.79. The molecule has 0 fully saturated rings. The van der Waals surface area contributed by atoms with Crippen molar-refractivity contribution in [2.45, 2.75) is 32.6 Å². The van der Waals surface area contributed by atoms with Gasteiger partial charge in [0, 0.05) is 18.2 Å². The molecule has 0 radical (unpaired) electrons. The van der Waals surface area contributed by atoms with Crippen LogP contribution in [0.25, 0.3) is 0 Å². The number of nitrogens with zero attached hydrogens (tertiary/aromatic N) is 1. The Kier molecular flexibility index (Phi) is 2.03. The van der Waals surface area contributed by atoms with Gasteiger partial charge in [-0.15, -0.1) is 0 Å². The lowest BCUT2D eigenvalue weighted by molar-refractivity contribution is 0.242. The highest BCUT2D eigenvalue weighted by Crippen LogP contribution is 2.41. The first-order valence-electron chi connectivity index (χ1n) is 4.99. The Morgan fingerprint density at radius 1 is 1.42 bits per heavy atom. The molecular weight excluding hydrogens is 146 g/mol. The van der Waals surface area contributed by atoms with E-state index in [0.717, 1.165) is 12.5 Å². The Hall–Kier alpha value is -0.590. The van der Waals surface area contributed by atoms with E-state index in [-0.39, 0.29) is 0 Å². The largest absolute Gasteiger partial charge is 0.297 e. The Morgan fingerprint density at radius 3 is 3.00 bits per heavy atom. The molecule has 0 saturated heterocycles. The van der Waals surface area contributed by atoms with E-state index in [2.05, 4.69) is 30.3 Å². The highest BCUT2D eigenvalue weighted by molar-refractivity contribution is 5.67. The molecule has 2 unspecified atom stereocenters. The molecule has 2 rings (SSSR count). The highest BCUT2D eigenvalue weighted by atomic mass is 14.7. The van der Waals surface area contributed by atoms with Crippen molar-refractivity contribution >= 4 is 6.21 Å². The monoisotopic (exact) mass is 163 g/mol. The minimum atomic E-state index is 0.438. The second-order valence-electron chi connectivity index (χ2n) is 4.18. The minimum Gasteiger partial charge on any atom is -0.297 e. The van der Waals surface area contributed by atoms with Gasteiger partial charge in [0.15, 0.2) is 0 Å². The second-order valence-corrected chi connectivity index (χ2v) is 4.18. The van der Waals surface area contributed by atoms with Gasteiger partial charge in [0.25, 0.3) is 0 Å². The standard InChI is InChI=1S/C11H17N/c1-10-5-2-3-6-11(10)7-4-8-12-9-11/h2-3,9-10H,4-8H2,1H3. The van der Waals surface area contributed by atoms with E-state index in [9.17, 15) is 0 Å². The molecule has 1 spiro atoms. The van der Waals surface area contributed by atoms with E-state index in [4.69, 9.17) is 0 Å². The van der Waals surface area contributed by atoms with Gasteiger partial charge >= 0.3 is 0 Å². The molecule has 0 aromatic heterocycles. The van der Waals surface area contributed by atoms with Gasteiger partial charge in [0.1, 0.15) is 0 Å². The smallest absolute Gasteiger partial charge is 0.0385 e. The number of hydrogen-bond donors (Lipinski definition) is 0. The molecule has 0 aromatic carbocycles.